The number of urea groups is 1. The van der Waals surface area contributed by atoms with E-state index in [1.54, 1.807) is 0 Å². The zero-order chi connectivity index (χ0) is 17.3. The molecule has 2 amide bonds. The fourth-order valence-electron chi connectivity index (χ4n) is 3.19. The van der Waals surface area contributed by atoms with Crippen LogP contribution in [0.25, 0.3) is 0 Å². The molecular formula is C21H27N3O. The molecule has 1 fully saturated rings. The molecule has 1 saturated heterocycles. The van der Waals surface area contributed by atoms with Crippen LogP contribution < -0.4 is 15.5 Å². The SMILES string of the molecule is O=C(NCCc1ccc(N2CCCCC2)cc1)NCc1ccccc1. The van der Waals surface area contributed by atoms with Crippen LogP contribution in [0.3, 0.4) is 0 Å². The Morgan fingerprint density at radius 3 is 2.28 bits per heavy atom. The van der Waals surface area contributed by atoms with Crippen molar-refractivity contribution in [2.24, 2.45) is 0 Å². The van der Waals surface area contributed by atoms with Crippen LogP contribution in [-0.2, 0) is 13.0 Å². The number of hydrogen-bond donors (Lipinski definition) is 2. The monoisotopic (exact) mass is 337 g/mol. The van der Waals surface area contributed by atoms with E-state index in [1.165, 1.54) is 43.6 Å². The Morgan fingerprint density at radius 2 is 1.56 bits per heavy atom. The van der Waals surface area contributed by atoms with Crippen LogP contribution in [0.1, 0.15) is 30.4 Å². The van der Waals surface area contributed by atoms with E-state index >= 15 is 0 Å². The number of nitrogens with one attached hydrogen (secondary N) is 2. The summed E-state index contributed by atoms with van der Waals surface area (Å²) in [7, 11) is 0. The lowest BCUT2D eigenvalue weighted by atomic mass is 10.1. The van der Waals surface area contributed by atoms with Crippen LogP contribution in [0.5, 0.6) is 0 Å². The number of hydrogen-bond acceptors (Lipinski definition) is 2. The van der Waals surface area contributed by atoms with Crippen LogP contribution in [0, 0.1) is 0 Å². The van der Waals surface area contributed by atoms with Crippen LogP contribution in [0.15, 0.2) is 54.6 Å². The van der Waals surface area contributed by atoms with Crippen molar-refractivity contribution in [1.82, 2.24) is 10.6 Å². The van der Waals surface area contributed by atoms with Gasteiger partial charge in [0, 0.05) is 31.9 Å². The van der Waals surface area contributed by atoms with Gasteiger partial charge in [-0.05, 0) is 48.9 Å². The van der Waals surface area contributed by atoms with Crippen LogP contribution >= 0.6 is 0 Å². The summed E-state index contributed by atoms with van der Waals surface area (Å²) < 4.78 is 0. The minimum atomic E-state index is -0.117. The van der Waals surface area contributed by atoms with Gasteiger partial charge in [-0.25, -0.2) is 4.79 Å². The molecule has 1 heterocycles. The van der Waals surface area contributed by atoms with E-state index in [9.17, 15) is 4.79 Å². The number of anilines is 1. The number of carbonyl (C=O) groups excluding carboxylic acids is 1. The Bertz CT molecular complexity index is 649. The highest BCUT2D eigenvalue weighted by atomic mass is 16.2. The third-order valence-electron chi connectivity index (χ3n) is 4.65. The molecule has 25 heavy (non-hydrogen) atoms. The zero-order valence-electron chi connectivity index (χ0n) is 14.7. The Kier molecular flexibility index (Phi) is 6.32. The molecule has 0 bridgehead atoms. The van der Waals surface area contributed by atoms with Gasteiger partial charge in [0.1, 0.15) is 0 Å². The van der Waals surface area contributed by atoms with Crippen LogP contribution in [-0.4, -0.2) is 25.7 Å². The molecule has 2 N–H and O–H groups in total. The van der Waals surface area contributed by atoms with E-state index in [1.807, 2.05) is 30.3 Å². The zero-order valence-corrected chi connectivity index (χ0v) is 14.7. The first-order valence-corrected chi connectivity index (χ1v) is 9.21. The maximum Gasteiger partial charge on any atom is 0.315 e. The van der Waals surface area contributed by atoms with Crippen molar-refractivity contribution < 1.29 is 4.79 Å². The quantitative estimate of drug-likeness (QED) is 0.844. The highest BCUT2D eigenvalue weighted by Crippen LogP contribution is 2.20. The van der Waals surface area contributed by atoms with Crippen molar-refractivity contribution in [3.05, 3.63) is 65.7 Å². The Morgan fingerprint density at radius 1 is 0.840 bits per heavy atom. The predicted molar refractivity (Wildman–Crippen MR) is 103 cm³/mol. The number of amides is 2. The van der Waals surface area contributed by atoms with E-state index in [0.29, 0.717) is 13.1 Å². The second kappa shape index (κ2) is 9.11. The summed E-state index contributed by atoms with van der Waals surface area (Å²) in [5, 5.41) is 5.80. The standard InChI is InChI=1S/C21H27N3O/c25-21(23-17-19-7-3-1-4-8-19)22-14-13-18-9-11-20(12-10-18)24-15-5-2-6-16-24/h1,3-4,7-12H,2,5-6,13-17H2,(H2,22,23,25). The maximum atomic E-state index is 11.8. The molecular weight excluding hydrogens is 310 g/mol. The summed E-state index contributed by atoms with van der Waals surface area (Å²) in [6, 6.07) is 18.6. The fraction of sp³-hybridized carbons (Fsp3) is 0.381. The number of rotatable bonds is 6. The number of nitrogens with zero attached hydrogens (tertiary/aromatic N) is 1. The van der Waals surface area contributed by atoms with Gasteiger partial charge < -0.3 is 15.5 Å². The summed E-state index contributed by atoms with van der Waals surface area (Å²) in [4.78, 5) is 14.3. The molecule has 1 aliphatic rings. The lowest BCUT2D eigenvalue weighted by Gasteiger charge is -2.28. The van der Waals surface area contributed by atoms with Crippen molar-refractivity contribution in [2.75, 3.05) is 24.5 Å². The van der Waals surface area contributed by atoms with Gasteiger partial charge in [-0.1, -0.05) is 42.5 Å². The molecule has 1 aliphatic heterocycles. The Labute approximate surface area is 150 Å². The van der Waals surface area contributed by atoms with Gasteiger partial charge in [-0.15, -0.1) is 0 Å². The topological polar surface area (TPSA) is 44.4 Å². The van der Waals surface area contributed by atoms with Gasteiger partial charge >= 0.3 is 6.03 Å². The molecule has 0 spiro atoms. The van der Waals surface area contributed by atoms with Crippen LogP contribution in [0.2, 0.25) is 0 Å². The number of carbonyl (C=O) groups is 1. The maximum absolute atomic E-state index is 11.8. The third-order valence-corrected chi connectivity index (χ3v) is 4.65. The van der Waals surface area contributed by atoms with Gasteiger partial charge in [0.15, 0.2) is 0 Å². The average molecular weight is 337 g/mol. The van der Waals surface area contributed by atoms with Crippen molar-refractivity contribution >= 4 is 11.7 Å². The van der Waals surface area contributed by atoms with E-state index in [0.717, 1.165) is 12.0 Å². The molecule has 0 aromatic heterocycles. The molecule has 4 nitrogen and oxygen atoms in total. The second-order valence-corrected chi connectivity index (χ2v) is 6.56. The van der Waals surface area contributed by atoms with Gasteiger partial charge in [-0.3, -0.25) is 0 Å². The van der Waals surface area contributed by atoms with E-state index in [2.05, 4.69) is 39.8 Å². The van der Waals surface area contributed by atoms with Gasteiger partial charge in [0.05, 0.1) is 0 Å². The third kappa shape index (κ3) is 5.52. The predicted octanol–water partition coefficient (Wildman–Crippen LogP) is 3.72. The highest BCUT2D eigenvalue weighted by molar-refractivity contribution is 5.73. The number of benzene rings is 2. The molecule has 4 heteroatoms. The molecule has 0 saturated carbocycles. The summed E-state index contributed by atoms with van der Waals surface area (Å²) >= 11 is 0. The van der Waals surface area contributed by atoms with Gasteiger partial charge in [0.2, 0.25) is 0 Å². The fourth-order valence-corrected chi connectivity index (χ4v) is 3.19. The van der Waals surface area contributed by atoms with Crippen molar-refractivity contribution in [3.63, 3.8) is 0 Å². The molecule has 2 aromatic rings. The van der Waals surface area contributed by atoms with Crippen molar-refractivity contribution in [3.8, 4) is 0 Å². The largest absolute Gasteiger partial charge is 0.372 e. The summed E-state index contributed by atoms with van der Waals surface area (Å²) in [5.41, 5.74) is 3.67. The molecule has 2 aromatic carbocycles. The smallest absolute Gasteiger partial charge is 0.315 e. The second-order valence-electron chi connectivity index (χ2n) is 6.56. The molecule has 132 valence electrons. The van der Waals surface area contributed by atoms with E-state index in [-0.39, 0.29) is 6.03 Å². The normalized spacial score (nSPS) is 14.2. The molecule has 0 unspecified atom stereocenters. The first-order valence-electron chi connectivity index (χ1n) is 9.21. The summed E-state index contributed by atoms with van der Waals surface area (Å²) in [5.74, 6) is 0. The molecule has 0 radical (unpaired) electrons. The molecule has 3 rings (SSSR count). The lowest BCUT2D eigenvalue weighted by molar-refractivity contribution is 0.240. The average Bonchev–Trinajstić information content (AvgIpc) is 2.68. The van der Waals surface area contributed by atoms with E-state index in [4.69, 9.17) is 0 Å². The minimum absolute atomic E-state index is 0.117. The van der Waals surface area contributed by atoms with Crippen LogP contribution in [0.4, 0.5) is 10.5 Å². The van der Waals surface area contributed by atoms with Gasteiger partial charge in [0.25, 0.3) is 0 Å². The Hall–Kier alpha value is -2.49. The van der Waals surface area contributed by atoms with Crippen molar-refractivity contribution in [1.29, 1.82) is 0 Å². The first-order chi connectivity index (χ1) is 12.3. The van der Waals surface area contributed by atoms with Gasteiger partial charge in [-0.2, -0.15) is 0 Å². The molecule has 0 aliphatic carbocycles. The summed E-state index contributed by atoms with van der Waals surface area (Å²) in [6.07, 6.45) is 4.79. The number of piperidine rings is 1. The Balaban J connectivity index is 1.37. The van der Waals surface area contributed by atoms with Crippen molar-refractivity contribution in [2.45, 2.75) is 32.2 Å². The first kappa shape index (κ1) is 17.3. The minimum Gasteiger partial charge on any atom is -0.372 e. The lowest BCUT2D eigenvalue weighted by Crippen LogP contribution is -2.36. The highest BCUT2D eigenvalue weighted by Gasteiger charge is 2.10. The van der Waals surface area contributed by atoms with E-state index < -0.39 is 0 Å². The summed E-state index contributed by atoms with van der Waals surface area (Å²) in [6.45, 7) is 3.53. The molecule has 0 atom stereocenters.